The molecule has 9 heteroatoms. The van der Waals surface area contributed by atoms with Gasteiger partial charge in [0.2, 0.25) is 0 Å². The molecule has 31 heavy (non-hydrogen) atoms. The summed E-state index contributed by atoms with van der Waals surface area (Å²) in [6.07, 6.45) is 4.86. The second kappa shape index (κ2) is 7.55. The van der Waals surface area contributed by atoms with Crippen LogP contribution in [0.15, 0.2) is 42.2 Å². The van der Waals surface area contributed by atoms with Crippen molar-refractivity contribution in [3.05, 3.63) is 47.9 Å². The molecule has 0 atom stereocenters. The molecule has 0 radical (unpaired) electrons. The Morgan fingerprint density at radius 3 is 2.90 bits per heavy atom. The summed E-state index contributed by atoms with van der Waals surface area (Å²) in [5, 5.41) is 38.3. The van der Waals surface area contributed by atoms with Gasteiger partial charge < -0.3 is 5.11 Å². The summed E-state index contributed by atoms with van der Waals surface area (Å²) in [5.41, 5.74) is 5.07. The normalized spacial score (nSPS) is 20.2. The van der Waals surface area contributed by atoms with Crippen LogP contribution in [0, 0.1) is 28.6 Å². The van der Waals surface area contributed by atoms with Crippen molar-refractivity contribution >= 4 is 22.2 Å². The summed E-state index contributed by atoms with van der Waals surface area (Å²) in [4.78, 5) is 11.3. The van der Waals surface area contributed by atoms with Crippen molar-refractivity contribution in [1.82, 2.24) is 25.0 Å². The maximum Gasteiger partial charge on any atom is 0.113 e. The largest absolute Gasteiger partial charge is 0.390 e. The molecular formula is C22H17N7OS. The Kier molecular flexibility index (Phi) is 4.70. The van der Waals surface area contributed by atoms with Crippen LogP contribution in [-0.2, 0) is 12.1 Å². The number of fused-ring (bicyclic) bond motifs is 1. The molecule has 3 heterocycles. The van der Waals surface area contributed by atoms with E-state index in [0.29, 0.717) is 24.2 Å². The summed E-state index contributed by atoms with van der Waals surface area (Å²) in [6.45, 7) is -0.138. The maximum absolute atomic E-state index is 9.64. The Labute approximate surface area is 182 Å². The molecule has 1 fully saturated rings. The quantitative estimate of drug-likeness (QED) is 0.515. The molecule has 0 amide bonds. The first-order chi connectivity index (χ1) is 15.2. The molecule has 1 N–H and O–H groups in total. The minimum atomic E-state index is -0.527. The molecule has 0 spiro atoms. The van der Waals surface area contributed by atoms with Crippen LogP contribution >= 0.6 is 11.3 Å². The zero-order chi connectivity index (χ0) is 21.4. The fourth-order valence-electron chi connectivity index (χ4n) is 4.23. The van der Waals surface area contributed by atoms with E-state index in [-0.39, 0.29) is 18.9 Å². The number of nitrogens with zero attached hydrogens (tertiary/aromatic N) is 7. The van der Waals surface area contributed by atoms with Crippen molar-refractivity contribution in [3.8, 4) is 33.8 Å². The zero-order valence-corrected chi connectivity index (χ0v) is 17.2. The van der Waals surface area contributed by atoms with Gasteiger partial charge in [-0.3, -0.25) is 4.98 Å². The van der Waals surface area contributed by atoms with E-state index >= 15 is 0 Å². The van der Waals surface area contributed by atoms with Crippen LogP contribution in [0.25, 0.3) is 32.6 Å². The maximum atomic E-state index is 9.64. The van der Waals surface area contributed by atoms with E-state index in [4.69, 9.17) is 5.10 Å². The van der Waals surface area contributed by atoms with Crippen molar-refractivity contribution in [2.75, 3.05) is 0 Å². The van der Waals surface area contributed by atoms with E-state index in [1.807, 2.05) is 24.3 Å². The van der Waals surface area contributed by atoms with Crippen molar-refractivity contribution < 1.29 is 5.11 Å². The highest BCUT2D eigenvalue weighted by Crippen LogP contribution is 2.45. The smallest absolute Gasteiger partial charge is 0.113 e. The van der Waals surface area contributed by atoms with E-state index in [0.717, 1.165) is 26.9 Å². The van der Waals surface area contributed by atoms with Gasteiger partial charge in [-0.25, -0.2) is 4.98 Å². The number of hydrogen-bond acceptors (Lipinski definition) is 8. The average Bonchev–Trinajstić information content (AvgIpc) is 3.45. The highest BCUT2D eigenvalue weighted by Gasteiger charge is 2.48. The summed E-state index contributed by atoms with van der Waals surface area (Å²) in [7, 11) is 0. The number of nitriles is 2. The lowest BCUT2D eigenvalue weighted by Gasteiger charge is -2.42. The summed E-state index contributed by atoms with van der Waals surface area (Å²) < 4.78 is 0. The van der Waals surface area contributed by atoms with Gasteiger partial charge in [-0.05, 0) is 36.6 Å². The van der Waals surface area contributed by atoms with Gasteiger partial charge in [-0.1, -0.05) is 6.07 Å². The SMILES string of the molecule is N#CCC1(n2ncc(-c3cc(-c4scnc4CO)cc4ncccc34)n2)CC(C#N)C1. The van der Waals surface area contributed by atoms with E-state index in [1.54, 1.807) is 22.7 Å². The summed E-state index contributed by atoms with van der Waals surface area (Å²) in [5.74, 6) is -0.0700. The first-order valence-electron chi connectivity index (χ1n) is 9.79. The number of aromatic nitrogens is 5. The van der Waals surface area contributed by atoms with Gasteiger partial charge in [0.1, 0.15) is 5.69 Å². The van der Waals surface area contributed by atoms with Gasteiger partial charge in [0.05, 0.1) is 64.4 Å². The summed E-state index contributed by atoms with van der Waals surface area (Å²) in [6, 6.07) is 12.4. The number of aliphatic hydroxyl groups excluding tert-OH is 1. The minimum Gasteiger partial charge on any atom is -0.390 e. The number of thiazole rings is 1. The predicted octanol–water partition coefficient (Wildman–Crippen LogP) is 3.65. The number of hydrogen-bond donors (Lipinski definition) is 1. The predicted molar refractivity (Wildman–Crippen MR) is 114 cm³/mol. The van der Waals surface area contributed by atoms with Crippen LogP contribution in [0.2, 0.25) is 0 Å². The van der Waals surface area contributed by atoms with Gasteiger partial charge in [-0.15, -0.1) is 11.3 Å². The third-order valence-electron chi connectivity index (χ3n) is 5.81. The molecule has 1 aliphatic rings. The topological polar surface area (TPSA) is 124 Å². The van der Waals surface area contributed by atoms with Gasteiger partial charge in [0, 0.05) is 17.1 Å². The number of pyridine rings is 1. The van der Waals surface area contributed by atoms with Crippen LogP contribution in [0.4, 0.5) is 0 Å². The van der Waals surface area contributed by atoms with E-state index < -0.39 is 5.54 Å². The van der Waals surface area contributed by atoms with Crippen LogP contribution in [0.5, 0.6) is 0 Å². The first kappa shape index (κ1) is 19.3. The Hall–Kier alpha value is -3.66. The monoisotopic (exact) mass is 427 g/mol. The Morgan fingerprint density at radius 1 is 1.26 bits per heavy atom. The zero-order valence-electron chi connectivity index (χ0n) is 16.4. The van der Waals surface area contributed by atoms with Gasteiger partial charge in [0.25, 0.3) is 0 Å². The third kappa shape index (κ3) is 3.15. The highest BCUT2D eigenvalue weighted by atomic mass is 32.1. The van der Waals surface area contributed by atoms with E-state index in [1.165, 1.54) is 11.3 Å². The van der Waals surface area contributed by atoms with Crippen LogP contribution < -0.4 is 0 Å². The van der Waals surface area contributed by atoms with Crippen molar-refractivity contribution in [2.24, 2.45) is 5.92 Å². The second-order valence-corrected chi connectivity index (χ2v) is 8.55. The average molecular weight is 427 g/mol. The van der Waals surface area contributed by atoms with Crippen molar-refractivity contribution in [1.29, 1.82) is 10.5 Å². The van der Waals surface area contributed by atoms with Crippen LogP contribution in [0.3, 0.4) is 0 Å². The lowest BCUT2D eigenvalue weighted by molar-refractivity contribution is 0.0713. The van der Waals surface area contributed by atoms with E-state index in [9.17, 15) is 15.6 Å². The molecule has 0 aliphatic heterocycles. The summed E-state index contributed by atoms with van der Waals surface area (Å²) >= 11 is 1.46. The first-order valence-corrected chi connectivity index (χ1v) is 10.7. The van der Waals surface area contributed by atoms with Crippen LogP contribution in [0.1, 0.15) is 25.0 Å². The van der Waals surface area contributed by atoms with E-state index in [2.05, 4.69) is 27.2 Å². The number of rotatable bonds is 5. The second-order valence-electron chi connectivity index (χ2n) is 7.69. The highest BCUT2D eigenvalue weighted by molar-refractivity contribution is 7.13. The molecule has 5 rings (SSSR count). The number of benzene rings is 1. The molecule has 1 saturated carbocycles. The molecule has 4 aromatic rings. The van der Waals surface area contributed by atoms with Crippen molar-refractivity contribution in [3.63, 3.8) is 0 Å². The van der Waals surface area contributed by atoms with Crippen molar-refractivity contribution in [2.45, 2.75) is 31.4 Å². The standard InChI is InChI=1S/C22H17N7OS/c23-4-3-22(8-14(9-22)10-24)29-27-11-19(28-29)17-6-15(21-20(12-30)26-13-31-21)7-18-16(17)2-1-5-25-18/h1-2,5-7,11,13-14,30H,3,8-9,12H2. The van der Waals surface area contributed by atoms with Gasteiger partial charge >= 0.3 is 0 Å². The fraction of sp³-hybridized carbons (Fsp3) is 0.273. The molecule has 152 valence electrons. The van der Waals surface area contributed by atoms with Gasteiger partial charge in [0.15, 0.2) is 0 Å². The fourth-order valence-corrected chi connectivity index (χ4v) is 5.02. The molecule has 1 aliphatic carbocycles. The molecule has 0 unspecified atom stereocenters. The number of aliphatic hydroxyl groups is 1. The Morgan fingerprint density at radius 2 is 2.13 bits per heavy atom. The third-order valence-corrected chi connectivity index (χ3v) is 6.73. The molecule has 0 saturated heterocycles. The molecule has 8 nitrogen and oxygen atoms in total. The minimum absolute atomic E-state index is 0.0700. The molecule has 1 aromatic carbocycles. The molecule has 3 aromatic heterocycles. The Balaban J connectivity index is 1.63. The lowest BCUT2D eigenvalue weighted by Crippen LogP contribution is -2.47. The lowest BCUT2D eigenvalue weighted by atomic mass is 9.68. The van der Waals surface area contributed by atoms with Crippen LogP contribution in [-0.4, -0.2) is 30.1 Å². The molecular weight excluding hydrogens is 410 g/mol. The Bertz CT molecular complexity index is 1350. The molecule has 0 bridgehead atoms. The van der Waals surface area contributed by atoms with Gasteiger partial charge in [-0.2, -0.15) is 25.5 Å².